The maximum absolute atomic E-state index is 12.1. The van der Waals surface area contributed by atoms with Crippen molar-refractivity contribution in [2.24, 2.45) is 0 Å². The first kappa shape index (κ1) is 33.7. The molecule has 9 heteroatoms. The highest BCUT2D eigenvalue weighted by atomic mass is 31.2. The van der Waals surface area contributed by atoms with E-state index in [1.54, 1.807) is 13.0 Å². The summed E-state index contributed by atoms with van der Waals surface area (Å²) in [5, 5.41) is 13.1. The van der Waals surface area contributed by atoms with Gasteiger partial charge in [-0.2, -0.15) is 0 Å². The molecule has 0 aliphatic carbocycles. The van der Waals surface area contributed by atoms with Crippen molar-refractivity contribution >= 4 is 13.7 Å². The Morgan fingerprint density at radius 3 is 2.06 bits per heavy atom. The number of amides is 1. The number of aliphatic hydroxyl groups is 1. The van der Waals surface area contributed by atoms with E-state index in [2.05, 4.69) is 36.5 Å². The summed E-state index contributed by atoms with van der Waals surface area (Å²) >= 11 is 0. The lowest BCUT2D eigenvalue weighted by atomic mass is 10.1. The molecule has 0 rings (SSSR count). The van der Waals surface area contributed by atoms with Crippen LogP contribution in [0.15, 0.2) is 36.5 Å². The molecule has 3 atom stereocenters. The molecular weight excluding hydrogens is 467 g/mol. The number of unbranched alkanes of at least 4 members (excludes halogenated alkanes) is 5. The summed E-state index contributed by atoms with van der Waals surface area (Å²) in [7, 11) is 1.52. The highest BCUT2D eigenvalue weighted by Crippen LogP contribution is 2.43. The van der Waals surface area contributed by atoms with Crippen molar-refractivity contribution in [3.63, 3.8) is 0 Å². The fraction of sp³-hybridized carbons (Fsp3) is 0.731. The molecule has 0 aliphatic heterocycles. The molecule has 0 heterocycles. The molecule has 0 saturated carbocycles. The van der Waals surface area contributed by atoms with Gasteiger partial charge in [0, 0.05) is 6.42 Å². The van der Waals surface area contributed by atoms with Crippen molar-refractivity contribution in [2.75, 3.05) is 40.9 Å². The normalized spacial score (nSPS) is 16.2. The zero-order chi connectivity index (χ0) is 26.6. The Labute approximate surface area is 213 Å². The first-order valence-corrected chi connectivity index (χ1v) is 14.4. The molecule has 204 valence electrons. The van der Waals surface area contributed by atoms with Crippen LogP contribution in [0, 0.1) is 0 Å². The van der Waals surface area contributed by atoms with Gasteiger partial charge in [0.1, 0.15) is 13.2 Å². The fourth-order valence-electron chi connectivity index (χ4n) is 2.91. The number of quaternary nitrogens is 1. The van der Waals surface area contributed by atoms with E-state index in [1.807, 2.05) is 27.2 Å². The number of hydrogen-bond donors (Lipinski definition) is 3. The number of phosphoric acid groups is 1. The van der Waals surface area contributed by atoms with E-state index >= 15 is 0 Å². The number of nitrogens with zero attached hydrogens (tertiary/aromatic N) is 1. The van der Waals surface area contributed by atoms with Gasteiger partial charge in [0.05, 0.1) is 39.9 Å². The topological polar surface area (TPSA) is 105 Å². The van der Waals surface area contributed by atoms with Crippen LogP contribution in [0.4, 0.5) is 0 Å². The Balaban J connectivity index is 4.45. The maximum Gasteiger partial charge on any atom is 0.472 e. The van der Waals surface area contributed by atoms with Crippen molar-refractivity contribution in [3.05, 3.63) is 36.5 Å². The number of hydrogen-bond acceptors (Lipinski definition) is 5. The van der Waals surface area contributed by atoms with Gasteiger partial charge in [0.15, 0.2) is 0 Å². The summed E-state index contributed by atoms with van der Waals surface area (Å²) in [6.07, 6.45) is 20.0. The third kappa shape index (κ3) is 21.7. The number of carbonyl (C=O) groups is 1. The van der Waals surface area contributed by atoms with E-state index in [9.17, 15) is 19.4 Å². The molecule has 3 unspecified atom stereocenters. The number of phosphoric ester groups is 1. The molecule has 0 aromatic carbocycles. The van der Waals surface area contributed by atoms with Crippen LogP contribution < -0.4 is 5.32 Å². The Kier molecular flexibility index (Phi) is 19.1. The lowest BCUT2D eigenvalue weighted by Gasteiger charge is -2.25. The Bertz CT molecular complexity index is 688. The van der Waals surface area contributed by atoms with Gasteiger partial charge in [0.25, 0.3) is 0 Å². The molecule has 8 nitrogen and oxygen atoms in total. The summed E-state index contributed by atoms with van der Waals surface area (Å²) < 4.78 is 22.8. The smallest absolute Gasteiger partial charge is 0.387 e. The van der Waals surface area contributed by atoms with Gasteiger partial charge in [-0.1, -0.05) is 63.1 Å². The van der Waals surface area contributed by atoms with Gasteiger partial charge in [-0.05, 0) is 38.5 Å². The summed E-state index contributed by atoms with van der Waals surface area (Å²) in [5.41, 5.74) is 0. The average Bonchev–Trinajstić information content (AvgIpc) is 2.78. The van der Waals surface area contributed by atoms with E-state index in [0.29, 0.717) is 11.0 Å². The number of likely N-dealkylation sites (N-methyl/N-ethyl adjacent to an activating group) is 1. The molecule has 1 amide bonds. The van der Waals surface area contributed by atoms with E-state index < -0.39 is 20.0 Å². The predicted octanol–water partition coefficient (Wildman–Crippen LogP) is 4.89. The highest BCUT2D eigenvalue weighted by molar-refractivity contribution is 7.47. The predicted molar refractivity (Wildman–Crippen MR) is 143 cm³/mol. The minimum atomic E-state index is -4.29. The summed E-state index contributed by atoms with van der Waals surface area (Å²) in [4.78, 5) is 21.8. The van der Waals surface area contributed by atoms with E-state index in [1.165, 1.54) is 19.3 Å². The molecule has 0 aromatic rings. The zero-order valence-electron chi connectivity index (χ0n) is 22.5. The summed E-state index contributed by atoms with van der Waals surface area (Å²) in [6.45, 7) is 4.13. The monoisotopic (exact) mass is 517 g/mol. The molecule has 0 fully saturated rings. The van der Waals surface area contributed by atoms with Gasteiger partial charge in [-0.25, -0.2) is 4.57 Å². The Morgan fingerprint density at radius 2 is 1.51 bits per heavy atom. The molecule has 0 bridgehead atoms. The second-order valence-electron chi connectivity index (χ2n) is 9.65. The second-order valence-corrected chi connectivity index (χ2v) is 11.1. The molecule has 3 N–H and O–H groups in total. The molecule has 0 saturated heterocycles. The number of allylic oxidation sites excluding steroid dienone is 5. The lowest BCUT2D eigenvalue weighted by molar-refractivity contribution is -0.870. The maximum atomic E-state index is 12.1. The quantitative estimate of drug-likeness (QED) is 0.0867. The minimum absolute atomic E-state index is 0.0501. The van der Waals surface area contributed by atoms with E-state index in [0.717, 1.165) is 32.1 Å². The summed E-state index contributed by atoms with van der Waals surface area (Å²) in [5.74, 6) is -0.285. The molecule has 0 aromatic heterocycles. The number of nitrogens with one attached hydrogen (secondary N) is 1. The third-order valence-electron chi connectivity index (χ3n) is 5.15. The van der Waals surface area contributed by atoms with E-state index in [-0.39, 0.29) is 25.5 Å². The van der Waals surface area contributed by atoms with Gasteiger partial charge in [0.2, 0.25) is 5.91 Å². The van der Waals surface area contributed by atoms with Crippen LogP contribution in [-0.2, 0) is 18.4 Å². The van der Waals surface area contributed by atoms with Crippen LogP contribution in [0.3, 0.4) is 0 Å². The molecular formula is C26H50N2O6P+. The first-order valence-electron chi connectivity index (χ1n) is 12.9. The minimum Gasteiger partial charge on any atom is -0.387 e. The van der Waals surface area contributed by atoms with Crippen molar-refractivity contribution < 1.29 is 32.9 Å². The van der Waals surface area contributed by atoms with Gasteiger partial charge >= 0.3 is 7.82 Å². The number of carbonyl (C=O) groups excluding carboxylic acids is 1. The Morgan fingerprint density at radius 1 is 0.943 bits per heavy atom. The molecule has 0 spiro atoms. The standard InChI is InChI=1S/C26H49N2O6P/c1-6-8-9-10-11-12-13-14-15-16-17-18-19-20-25(29)24(27-26(30)7-2)23-34-35(31,32)33-22-21-28(3,4)5/h11-12,15-16,19-20,24-25,29H,6-10,13-14,17-18,21-23H2,1-5H3,(H-,27,30,31,32)/p+1/b12-11+,16-15+,20-19+. The third-order valence-corrected chi connectivity index (χ3v) is 6.14. The van der Waals surface area contributed by atoms with E-state index in [4.69, 9.17) is 9.05 Å². The van der Waals surface area contributed by atoms with Gasteiger partial charge < -0.3 is 19.8 Å². The Hall–Kier alpha value is -1.28. The van der Waals surface area contributed by atoms with Crippen molar-refractivity contribution in [1.29, 1.82) is 0 Å². The van der Waals surface area contributed by atoms with Gasteiger partial charge in [-0.15, -0.1) is 0 Å². The number of aliphatic hydroxyl groups excluding tert-OH is 1. The SMILES string of the molecule is CCCCC/C=C/CC/C=C/CC/C=C/C(O)C(COP(=O)(O)OCC[N+](C)(C)C)NC(=O)CC. The van der Waals surface area contributed by atoms with Crippen molar-refractivity contribution in [1.82, 2.24) is 5.32 Å². The summed E-state index contributed by atoms with van der Waals surface area (Å²) in [6, 6.07) is -0.860. The van der Waals surface area contributed by atoms with Crippen LogP contribution in [0.25, 0.3) is 0 Å². The van der Waals surface area contributed by atoms with Crippen LogP contribution in [0.1, 0.15) is 71.6 Å². The molecule has 35 heavy (non-hydrogen) atoms. The fourth-order valence-corrected chi connectivity index (χ4v) is 3.65. The van der Waals surface area contributed by atoms with Gasteiger partial charge in [-0.3, -0.25) is 13.8 Å². The zero-order valence-corrected chi connectivity index (χ0v) is 23.4. The number of rotatable bonds is 21. The first-order chi connectivity index (χ1) is 16.5. The average molecular weight is 518 g/mol. The molecule has 0 aliphatic rings. The van der Waals surface area contributed by atoms with Crippen molar-refractivity contribution in [3.8, 4) is 0 Å². The second kappa shape index (κ2) is 19.9. The van der Waals surface area contributed by atoms with Crippen LogP contribution in [0.2, 0.25) is 0 Å². The molecule has 0 radical (unpaired) electrons. The van der Waals surface area contributed by atoms with Crippen LogP contribution in [0.5, 0.6) is 0 Å². The largest absolute Gasteiger partial charge is 0.472 e. The highest BCUT2D eigenvalue weighted by Gasteiger charge is 2.27. The van der Waals surface area contributed by atoms with Crippen LogP contribution in [-0.4, -0.2) is 73.4 Å². The van der Waals surface area contributed by atoms with Crippen molar-refractivity contribution in [2.45, 2.75) is 83.8 Å². The van der Waals surface area contributed by atoms with Crippen LogP contribution >= 0.6 is 7.82 Å². The lowest BCUT2D eigenvalue weighted by Crippen LogP contribution is -2.45.